The number of amides is 1. The van der Waals surface area contributed by atoms with Gasteiger partial charge in [0.05, 0.1) is 17.4 Å². The predicted octanol–water partition coefficient (Wildman–Crippen LogP) is 1.86. The van der Waals surface area contributed by atoms with Crippen LogP contribution in [0, 0.1) is 0 Å². The smallest absolute Gasteiger partial charge is 0.352 e. The summed E-state index contributed by atoms with van der Waals surface area (Å²) in [6.07, 6.45) is -0.924. The molecule has 1 aromatic carbocycles. The first-order valence-corrected chi connectivity index (χ1v) is 8.68. The van der Waals surface area contributed by atoms with Crippen molar-refractivity contribution in [3.8, 4) is 0 Å². The molecule has 3 rings (SSSR count). The van der Waals surface area contributed by atoms with Gasteiger partial charge in [-0.05, 0) is 17.7 Å². The quantitative estimate of drug-likeness (QED) is 0.638. The molecule has 0 aliphatic carbocycles. The molecule has 2 heterocycles. The Hall–Kier alpha value is -3.04. The number of rotatable bonds is 3. The maximum atomic E-state index is 12.6. The maximum Gasteiger partial charge on any atom is 0.416 e. The number of nitrogens with zero attached hydrogens (tertiary/aromatic N) is 5. The molecule has 10 heteroatoms. The number of carbonyl (C=O) groups excluding carboxylic acids is 1. The van der Waals surface area contributed by atoms with E-state index in [0.29, 0.717) is 31.2 Å². The predicted molar refractivity (Wildman–Crippen MR) is 98.8 cm³/mol. The summed E-state index contributed by atoms with van der Waals surface area (Å²) in [5, 5.41) is 7.18. The topological polar surface area (TPSA) is 65.8 Å². The summed E-state index contributed by atoms with van der Waals surface area (Å²) in [7, 11) is 3.39. The van der Waals surface area contributed by atoms with E-state index in [9.17, 15) is 18.0 Å². The Morgan fingerprint density at radius 2 is 1.96 bits per heavy atom. The SMILES string of the molecule is CN=C(NCc1ccc(C(F)(F)F)cc1)N1CCN(c2cnn(C)c2)C(=O)C1. The van der Waals surface area contributed by atoms with E-state index in [1.165, 1.54) is 12.1 Å². The second-order valence-corrected chi connectivity index (χ2v) is 6.43. The van der Waals surface area contributed by atoms with E-state index in [4.69, 9.17) is 0 Å². The van der Waals surface area contributed by atoms with Crippen molar-refractivity contribution in [2.75, 3.05) is 31.6 Å². The van der Waals surface area contributed by atoms with Crippen LogP contribution in [0.5, 0.6) is 0 Å². The number of halogens is 3. The summed E-state index contributed by atoms with van der Waals surface area (Å²) in [4.78, 5) is 20.2. The molecule has 1 N–H and O–H groups in total. The highest BCUT2D eigenvalue weighted by Crippen LogP contribution is 2.29. The number of alkyl halides is 3. The summed E-state index contributed by atoms with van der Waals surface area (Å²) < 4.78 is 39.6. The number of nitrogens with one attached hydrogen (secondary N) is 1. The van der Waals surface area contributed by atoms with Crippen LogP contribution < -0.4 is 10.2 Å². The van der Waals surface area contributed by atoms with Crippen LogP contribution in [0.4, 0.5) is 18.9 Å². The van der Waals surface area contributed by atoms with Crippen LogP contribution in [-0.2, 0) is 24.6 Å². The van der Waals surface area contributed by atoms with Gasteiger partial charge in [0.1, 0.15) is 6.54 Å². The number of aliphatic imine (C=N–C) groups is 1. The largest absolute Gasteiger partial charge is 0.416 e. The van der Waals surface area contributed by atoms with Crippen molar-refractivity contribution in [3.05, 3.63) is 47.8 Å². The molecular formula is C18H21F3N6O. The fourth-order valence-corrected chi connectivity index (χ4v) is 3.00. The van der Waals surface area contributed by atoms with Crippen LogP contribution in [0.3, 0.4) is 0 Å². The molecule has 1 amide bonds. The molecule has 0 saturated carbocycles. The van der Waals surface area contributed by atoms with Gasteiger partial charge in [-0.25, -0.2) is 0 Å². The monoisotopic (exact) mass is 394 g/mol. The van der Waals surface area contributed by atoms with Crippen molar-refractivity contribution in [2.45, 2.75) is 12.7 Å². The average molecular weight is 394 g/mol. The van der Waals surface area contributed by atoms with E-state index in [2.05, 4.69) is 15.4 Å². The van der Waals surface area contributed by atoms with Gasteiger partial charge in [-0.15, -0.1) is 0 Å². The zero-order valence-corrected chi connectivity index (χ0v) is 15.6. The Morgan fingerprint density at radius 1 is 1.25 bits per heavy atom. The number of guanidine groups is 1. The molecule has 1 aromatic heterocycles. The van der Waals surface area contributed by atoms with Gasteiger partial charge in [-0.1, -0.05) is 12.1 Å². The molecule has 2 aromatic rings. The lowest BCUT2D eigenvalue weighted by Gasteiger charge is -2.35. The highest BCUT2D eigenvalue weighted by molar-refractivity contribution is 5.98. The minimum Gasteiger partial charge on any atom is -0.352 e. The van der Waals surface area contributed by atoms with Crippen LogP contribution in [0.2, 0.25) is 0 Å². The number of benzene rings is 1. The van der Waals surface area contributed by atoms with Crippen LogP contribution in [-0.4, -0.2) is 53.2 Å². The Balaban J connectivity index is 1.58. The zero-order chi connectivity index (χ0) is 20.3. The summed E-state index contributed by atoms with van der Waals surface area (Å²) in [5.74, 6) is 0.454. The molecule has 0 radical (unpaired) electrons. The summed E-state index contributed by atoms with van der Waals surface area (Å²) >= 11 is 0. The van der Waals surface area contributed by atoms with Crippen molar-refractivity contribution >= 4 is 17.6 Å². The fourth-order valence-electron chi connectivity index (χ4n) is 3.00. The standard InChI is InChI=1S/C18H21F3N6O/c1-22-17(23-9-13-3-5-14(6-4-13)18(19,20)21)26-7-8-27(16(28)12-26)15-10-24-25(2)11-15/h3-6,10-11H,7-9,12H2,1-2H3,(H,22,23). The highest BCUT2D eigenvalue weighted by Gasteiger charge is 2.30. The number of hydrogen-bond donors (Lipinski definition) is 1. The minimum atomic E-state index is -4.35. The molecule has 1 fully saturated rings. The molecule has 28 heavy (non-hydrogen) atoms. The van der Waals surface area contributed by atoms with Crippen LogP contribution >= 0.6 is 0 Å². The van der Waals surface area contributed by atoms with Gasteiger partial charge in [-0.3, -0.25) is 14.5 Å². The molecule has 0 spiro atoms. The van der Waals surface area contributed by atoms with Crippen molar-refractivity contribution in [3.63, 3.8) is 0 Å². The number of aryl methyl sites for hydroxylation is 1. The van der Waals surface area contributed by atoms with Gasteiger partial charge in [0, 0.05) is 39.9 Å². The zero-order valence-electron chi connectivity index (χ0n) is 15.6. The molecule has 7 nitrogen and oxygen atoms in total. The Bertz CT molecular complexity index is 859. The Morgan fingerprint density at radius 3 is 2.50 bits per heavy atom. The van der Waals surface area contributed by atoms with E-state index in [-0.39, 0.29) is 12.5 Å². The van der Waals surface area contributed by atoms with E-state index in [1.54, 1.807) is 36.1 Å². The van der Waals surface area contributed by atoms with Crippen LogP contribution in [0.1, 0.15) is 11.1 Å². The van der Waals surface area contributed by atoms with Crippen molar-refractivity contribution in [1.82, 2.24) is 20.0 Å². The first-order chi connectivity index (χ1) is 13.3. The van der Waals surface area contributed by atoms with Gasteiger partial charge in [0.25, 0.3) is 0 Å². The number of anilines is 1. The van der Waals surface area contributed by atoms with Crippen molar-refractivity contribution in [2.24, 2.45) is 12.0 Å². The first kappa shape index (κ1) is 19.7. The van der Waals surface area contributed by atoms with Crippen molar-refractivity contribution < 1.29 is 18.0 Å². The second kappa shape index (κ2) is 7.91. The lowest BCUT2D eigenvalue weighted by molar-refractivity contribution is -0.137. The number of carbonyl (C=O) groups is 1. The summed E-state index contributed by atoms with van der Waals surface area (Å²) in [6, 6.07) is 4.95. The van der Waals surface area contributed by atoms with Gasteiger partial charge >= 0.3 is 6.18 Å². The molecule has 0 atom stereocenters. The van der Waals surface area contributed by atoms with E-state index in [1.807, 2.05) is 4.90 Å². The normalized spacial score (nSPS) is 15.9. The van der Waals surface area contributed by atoms with Gasteiger partial charge in [-0.2, -0.15) is 18.3 Å². The third-order valence-electron chi connectivity index (χ3n) is 4.47. The Kier molecular flexibility index (Phi) is 5.57. The maximum absolute atomic E-state index is 12.6. The lowest BCUT2D eigenvalue weighted by Crippen LogP contribution is -2.55. The molecule has 0 bridgehead atoms. The van der Waals surface area contributed by atoms with Gasteiger partial charge in [0.2, 0.25) is 5.91 Å². The third kappa shape index (κ3) is 4.44. The van der Waals surface area contributed by atoms with E-state index in [0.717, 1.165) is 17.8 Å². The number of hydrogen-bond acceptors (Lipinski definition) is 3. The summed E-state index contributed by atoms with van der Waals surface area (Å²) in [6.45, 7) is 1.53. The second-order valence-electron chi connectivity index (χ2n) is 6.43. The van der Waals surface area contributed by atoms with Gasteiger partial charge < -0.3 is 15.1 Å². The van der Waals surface area contributed by atoms with E-state index >= 15 is 0 Å². The van der Waals surface area contributed by atoms with Crippen LogP contribution in [0.15, 0.2) is 41.7 Å². The molecule has 1 saturated heterocycles. The Labute approximate surface area is 160 Å². The fraction of sp³-hybridized carbons (Fsp3) is 0.389. The molecule has 1 aliphatic rings. The number of piperazine rings is 1. The highest BCUT2D eigenvalue weighted by atomic mass is 19.4. The summed E-state index contributed by atoms with van der Waals surface area (Å²) in [5.41, 5.74) is 0.757. The molecule has 0 unspecified atom stereocenters. The minimum absolute atomic E-state index is 0.0725. The lowest BCUT2D eigenvalue weighted by atomic mass is 10.1. The third-order valence-corrected chi connectivity index (χ3v) is 4.47. The molecule has 150 valence electrons. The first-order valence-electron chi connectivity index (χ1n) is 8.68. The molecule has 1 aliphatic heterocycles. The molecular weight excluding hydrogens is 373 g/mol. The van der Waals surface area contributed by atoms with Crippen molar-refractivity contribution in [1.29, 1.82) is 0 Å². The van der Waals surface area contributed by atoms with Gasteiger partial charge in [0.15, 0.2) is 5.96 Å². The average Bonchev–Trinajstić information content (AvgIpc) is 3.08. The number of aromatic nitrogens is 2. The van der Waals surface area contributed by atoms with Crippen LogP contribution in [0.25, 0.3) is 0 Å². The van der Waals surface area contributed by atoms with E-state index < -0.39 is 11.7 Å².